The average Bonchev–Trinajstić information content (AvgIpc) is 2.95. The maximum absolute atomic E-state index is 13.8. The van der Waals surface area contributed by atoms with Gasteiger partial charge in [0, 0.05) is 12.2 Å². The molecule has 4 aromatic carbocycles. The number of urea groups is 1. The summed E-state index contributed by atoms with van der Waals surface area (Å²) < 4.78 is 10.4. The molecule has 4 aromatic rings. The number of carbonyl (C=O) groups is 2. The second-order valence-corrected chi connectivity index (χ2v) is 8.43. The third-order valence-electron chi connectivity index (χ3n) is 5.96. The first-order valence-electron chi connectivity index (χ1n) is 12.2. The molecule has 0 aliphatic carbocycles. The number of amides is 2. The van der Waals surface area contributed by atoms with E-state index in [4.69, 9.17) is 9.47 Å². The van der Waals surface area contributed by atoms with Crippen molar-refractivity contribution in [1.29, 1.82) is 0 Å². The van der Waals surface area contributed by atoms with Crippen LogP contribution in [0, 0.1) is 0 Å². The van der Waals surface area contributed by atoms with Crippen molar-refractivity contribution in [2.24, 2.45) is 0 Å². The van der Waals surface area contributed by atoms with Crippen molar-refractivity contribution < 1.29 is 19.1 Å². The minimum Gasteiger partial charge on any atom is -0.497 e. The second-order valence-electron chi connectivity index (χ2n) is 8.43. The zero-order chi connectivity index (χ0) is 26.0. The lowest BCUT2D eigenvalue weighted by Gasteiger charge is -2.33. The molecule has 0 saturated heterocycles. The quantitative estimate of drug-likeness (QED) is 0.263. The fraction of sp³-hybridized carbons (Fsp3) is 0.161. The largest absolute Gasteiger partial charge is 0.497 e. The molecule has 0 fully saturated rings. The van der Waals surface area contributed by atoms with Gasteiger partial charge in [-0.3, -0.25) is 0 Å². The number of carbonyl (C=O) groups excluding carboxylic acids is 2. The molecule has 0 unspecified atom stereocenters. The van der Waals surface area contributed by atoms with E-state index >= 15 is 0 Å². The van der Waals surface area contributed by atoms with Crippen LogP contribution in [-0.4, -0.2) is 30.6 Å². The van der Waals surface area contributed by atoms with Gasteiger partial charge < -0.3 is 19.7 Å². The number of esters is 1. The van der Waals surface area contributed by atoms with Gasteiger partial charge in [-0.2, -0.15) is 0 Å². The van der Waals surface area contributed by atoms with Crippen LogP contribution in [0.25, 0.3) is 0 Å². The molecule has 0 aliphatic rings. The van der Waals surface area contributed by atoms with E-state index in [9.17, 15) is 9.59 Å². The number of nitrogens with zero attached hydrogens (tertiary/aromatic N) is 1. The molecular formula is C31H30N2O4. The summed E-state index contributed by atoms with van der Waals surface area (Å²) in [7, 11) is 1.63. The van der Waals surface area contributed by atoms with Gasteiger partial charge in [-0.05, 0) is 60.0 Å². The van der Waals surface area contributed by atoms with Crippen molar-refractivity contribution in [3.63, 3.8) is 0 Å². The Morgan fingerprint density at radius 1 is 0.784 bits per heavy atom. The fourth-order valence-corrected chi connectivity index (χ4v) is 4.13. The minimum absolute atomic E-state index is 0.266. The van der Waals surface area contributed by atoms with Crippen LogP contribution in [0.15, 0.2) is 109 Å². The van der Waals surface area contributed by atoms with Crippen molar-refractivity contribution in [3.8, 4) is 5.75 Å². The predicted molar refractivity (Wildman–Crippen MR) is 145 cm³/mol. The van der Waals surface area contributed by atoms with Gasteiger partial charge in [-0.1, -0.05) is 72.8 Å². The number of ether oxygens (including phenoxy) is 2. The molecule has 4 rings (SSSR count). The Balaban J connectivity index is 1.68. The molecule has 6 nitrogen and oxygen atoms in total. The Hall–Kier alpha value is -4.58. The molecule has 0 atom stereocenters. The number of nitrogens with one attached hydrogen (secondary N) is 1. The highest BCUT2D eigenvalue weighted by atomic mass is 16.5. The van der Waals surface area contributed by atoms with E-state index in [1.165, 1.54) is 0 Å². The van der Waals surface area contributed by atoms with Gasteiger partial charge in [0.2, 0.25) is 0 Å². The van der Waals surface area contributed by atoms with Gasteiger partial charge in [0.15, 0.2) is 0 Å². The molecular weight excluding hydrogens is 464 g/mol. The Morgan fingerprint density at radius 2 is 1.35 bits per heavy atom. The number of hydrogen-bond donors (Lipinski definition) is 1. The van der Waals surface area contributed by atoms with Crippen molar-refractivity contribution in [3.05, 3.63) is 131 Å². The topological polar surface area (TPSA) is 67.9 Å². The van der Waals surface area contributed by atoms with E-state index in [1.807, 2.05) is 89.8 Å². The number of rotatable bonds is 9. The number of anilines is 1. The monoisotopic (exact) mass is 494 g/mol. The summed E-state index contributed by atoms with van der Waals surface area (Å²) in [6, 6.07) is 33.7. The lowest BCUT2D eigenvalue weighted by molar-refractivity contribution is 0.0526. The predicted octanol–water partition coefficient (Wildman–Crippen LogP) is 6.70. The highest BCUT2D eigenvalue weighted by Crippen LogP contribution is 2.31. The molecule has 6 heteroatoms. The first-order chi connectivity index (χ1) is 18.1. The zero-order valence-electron chi connectivity index (χ0n) is 21.0. The molecule has 188 valence electrons. The van der Waals surface area contributed by atoms with Crippen molar-refractivity contribution in [2.75, 3.05) is 19.0 Å². The normalized spacial score (nSPS) is 10.6. The van der Waals surface area contributed by atoms with Crippen LogP contribution in [0.5, 0.6) is 5.75 Å². The summed E-state index contributed by atoms with van der Waals surface area (Å²) in [4.78, 5) is 27.7. The molecule has 0 bridgehead atoms. The summed E-state index contributed by atoms with van der Waals surface area (Å²) in [5, 5.41) is 3.01. The number of benzene rings is 4. The molecule has 0 aromatic heterocycles. The third kappa shape index (κ3) is 6.55. The van der Waals surface area contributed by atoms with Gasteiger partial charge in [-0.25, -0.2) is 9.59 Å². The summed E-state index contributed by atoms with van der Waals surface area (Å²) in [5.74, 6) is 0.360. The first-order valence-corrected chi connectivity index (χ1v) is 12.2. The van der Waals surface area contributed by atoms with Crippen LogP contribution in [0.4, 0.5) is 10.5 Å². The highest BCUT2D eigenvalue weighted by Gasteiger charge is 2.27. The molecule has 0 aliphatic heterocycles. The Morgan fingerprint density at radius 3 is 1.86 bits per heavy atom. The Kier molecular flexibility index (Phi) is 8.55. The summed E-state index contributed by atoms with van der Waals surface area (Å²) in [5.41, 5.74) is 3.97. The first kappa shape index (κ1) is 25.5. The highest BCUT2D eigenvalue weighted by molar-refractivity contribution is 5.92. The minimum atomic E-state index is -0.394. The van der Waals surface area contributed by atoms with Gasteiger partial charge in [-0.15, -0.1) is 0 Å². The number of methoxy groups -OCH3 is 1. The van der Waals surface area contributed by atoms with Crippen LogP contribution >= 0.6 is 0 Å². The third-order valence-corrected chi connectivity index (χ3v) is 5.96. The van der Waals surface area contributed by atoms with Crippen molar-refractivity contribution in [2.45, 2.75) is 19.5 Å². The fourth-order valence-electron chi connectivity index (χ4n) is 4.13. The van der Waals surface area contributed by atoms with Crippen LogP contribution < -0.4 is 10.1 Å². The molecule has 37 heavy (non-hydrogen) atoms. The van der Waals surface area contributed by atoms with Crippen LogP contribution in [0.3, 0.4) is 0 Å². The Bertz CT molecular complexity index is 1250. The summed E-state index contributed by atoms with van der Waals surface area (Å²) in [6.45, 7) is 2.43. The molecule has 0 radical (unpaired) electrons. The zero-order valence-corrected chi connectivity index (χ0v) is 21.0. The summed E-state index contributed by atoms with van der Waals surface area (Å²) >= 11 is 0. The van der Waals surface area contributed by atoms with Crippen molar-refractivity contribution in [1.82, 2.24) is 4.90 Å². The van der Waals surface area contributed by atoms with Crippen LogP contribution in [-0.2, 0) is 11.3 Å². The average molecular weight is 495 g/mol. The van der Waals surface area contributed by atoms with E-state index in [2.05, 4.69) is 5.32 Å². The molecule has 0 saturated carbocycles. The molecule has 0 spiro atoms. The van der Waals surface area contributed by atoms with Crippen LogP contribution in [0.1, 0.15) is 40.0 Å². The van der Waals surface area contributed by atoms with E-state index in [-0.39, 0.29) is 12.1 Å². The maximum atomic E-state index is 13.8. The van der Waals surface area contributed by atoms with Crippen molar-refractivity contribution >= 4 is 17.7 Å². The van der Waals surface area contributed by atoms with Gasteiger partial charge in [0.25, 0.3) is 0 Å². The van der Waals surface area contributed by atoms with Gasteiger partial charge in [0.1, 0.15) is 5.75 Å². The van der Waals surface area contributed by atoms with Crippen LogP contribution in [0.2, 0.25) is 0 Å². The van der Waals surface area contributed by atoms with E-state index in [0.717, 1.165) is 22.4 Å². The van der Waals surface area contributed by atoms with E-state index < -0.39 is 5.97 Å². The molecule has 1 N–H and O–H groups in total. The Labute approximate surface area is 217 Å². The SMILES string of the molecule is CCOC(=O)c1ccc(NC(=O)N(Cc2ccc(OC)cc2)C(c2ccccc2)c2ccccc2)cc1. The maximum Gasteiger partial charge on any atom is 0.338 e. The molecule has 2 amide bonds. The standard InChI is InChI=1S/C31H30N2O4/c1-3-37-30(34)26-16-18-27(19-17-26)32-31(35)33(22-23-14-20-28(36-2)21-15-23)29(24-10-6-4-7-11-24)25-12-8-5-9-13-25/h4-21,29H,3,22H2,1-2H3,(H,32,35). The molecule has 0 heterocycles. The number of hydrogen-bond acceptors (Lipinski definition) is 4. The second kappa shape index (κ2) is 12.4. The smallest absolute Gasteiger partial charge is 0.338 e. The van der Waals surface area contributed by atoms with Gasteiger partial charge in [0.05, 0.1) is 25.3 Å². The van der Waals surface area contributed by atoms with Gasteiger partial charge >= 0.3 is 12.0 Å². The lowest BCUT2D eigenvalue weighted by Crippen LogP contribution is -2.38. The van der Waals surface area contributed by atoms with E-state index in [0.29, 0.717) is 24.4 Å². The van der Waals surface area contributed by atoms with E-state index in [1.54, 1.807) is 38.3 Å². The lowest BCUT2D eigenvalue weighted by atomic mass is 9.96. The summed E-state index contributed by atoms with van der Waals surface area (Å²) in [6.07, 6.45) is 0.